The highest BCUT2D eigenvalue weighted by atomic mass is 16.5. The van der Waals surface area contributed by atoms with E-state index in [1.165, 1.54) is 24.9 Å². The number of esters is 1. The van der Waals surface area contributed by atoms with Gasteiger partial charge < -0.3 is 14.2 Å². The van der Waals surface area contributed by atoms with Gasteiger partial charge >= 0.3 is 5.97 Å². The van der Waals surface area contributed by atoms with Crippen LogP contribution in [0, 0.1) is 11.3 Å². The molecule has 0 saturated carbocycles. The second-order valence-corrected chi connectivity index (χ2v) is 6.15. The van der Waals surface area contributed by atoms with Gasteiger partial charge in [0.2, 0.25) is 0 Å². The lowest BCUT2D eigenvalue weighted by Gasteiger charge is -2.10. The van der Waals surface area contributed by atoms with Crippen LogP contribution in [0.2, 0.25) is 0 Å². The Labute approximate surface area is 172 Å². The van der Waals surface area contributed by atoms with Gasteiger partial charge in [0, 0.05) is 6.08 Å². The van der Waals surface area contributed by atoms with Crippen molar-refractivity contribution < 1.29 is 19.0 Å². The van der Waals surface area contributed by atoms with Crippen molar-refractivity contribution in [2.75, 3.05) is 14.2 Å². The van der Waals surface area contributed by atoms with Crippen molar-refractivity contribution in [2.24, 2.45) is 0 Å². The molecule has 30 heavy (non-hydrogen) atoms. The van der Waals surface area contributed by atoms with E-state index in [1.807, 2.05) is 6.07 Å². The first-order chi connectivity index (χ1) is 14.6. The zero-order valence-corrected chi connectivity index (χ0v) is 16.5. The Balaban J connectivity index is 1.77. The predicted molar refractivity (Wildman–Crippen MR) is 110 cm³/mol. The van der Waals surface area contributed by atoms with Crippen molar-refractivity contribution in [1.82, 2.24) is 9.55 Å². The Bertz CT molecular complexity index is 1210. The third kappa shape index (κ3) is 4.47. The van der Waals surface area contributed by atoms with Crippen LogP contribution in [0.5, 0.6) is 11.5 Å². The molecule has 8 heteroatoms. The Morgan fingerprint density at radius 2 is 1.93 bits per heavy atom. The van der Waals surface area contributed by atoms with Gasteiger partial charge in [0.25, 0.3) is 5.56 Å². The molecule has 0 bridgehead atoms. The van der Waals surface area contributed by atoms with Crippen molar-refractivity contribution in [3.63, 3.8) is 0 Å². The van der Waals surface area contributed by atoms with Crippen molar-refractivity contribution >= 4 is 22.9 Å². The van der Waals surface area contributed by atoms with Gasteiger partial charge in [-0.1, -0.05) is 18.2 Å². The molecule has 0 saturated heterocycles. The number of rotatable bonds is 7. The normalized spacial score (nSPS) is 10.7. The largest absolute Gasteiger partial charge is 0.493 e. The highest BCUT2D eigenvalue weighted by Gasteiger charge is 2.12. The van der Waals surface area contributed by atoms with Crippen molar-refractivity contribution in [2.45, 2.75) is 13.2 Å². The topological polar surface area (TPSA) is 103 Å². The smallest absolute Gasteiger partial charge is 0.331 e. The van der Waals surface area contributed by atoms with Crippen LogP contribution in [-0.4, -0.2) is 29.7 Å². The first-order valence-electron chi connectivity index (χ1n) is 8.99. The van der Waals surface area contributed by atoms with Crippen LogP contribution in [0.3, 0.4) is 0 Å². The third-order valence-corrected chi connectivity index (χ3v) is 4.33. The van der Waals surface area contributed by atoms with Crippen molar-refractivity contribution in [3.05, 3.63) is 70.3 Å². The molecule has 0 aliphatic rings. The minimum absolute atomic E-state index is 0.189. The fourth-order valence-electron chi connectivity index (χ4n) is 2.86. The molecule has 0 atom stereocenters. The number of aromatic nitrogens is 2. The van der Waals surface area contributed by atoms with Gasteiger partial charge in [0.15, 0.2) is 17.3 Å². The average Bonchev–Trinajstić information content (AvgIpc) is 2.78. The Morgan fingerprint density at radius 1 is 1.17 bits per heavy atom. The van der Waals surface area contributed by atoms with Gasteiger partial charge in [-0.2, -0.15) is 5.26 Å². The molecule has 0 spiro atoms. The van der Waals surface area contributed by atoms with Crippen molar-refractivity contribution in [3.8, 4) is 17.6 Å². The number of nitrogens with zero attached hydrogens (tertiary/aromatic N) is 3. The molecular weight excluding hydrogens is 386 g/mol. The molecule has 152 valence electrons. The van der Waals surface area contributed by atoms with Gasteiger partial charge in [-0.25, -0.2) is 9.78 Å². The standard InChI is InChI=1S/C22H19N3O5/c1-28-18-9-7-15(13-19(18)29-2)8-10-21(26)30-14-20-24-17-6-4-3-5-16(17)22(27)25(20)12-11-23/h3-10,13H,12,14H2,1-2H3/b10-8+. The molecule has 0 unspecified atom stereocenters. The molecule has 8 nitrogen and oxygen atoms in total. The SMILES string of the molecule is COc1ccc(/C=C/C(=O)OCc2nc3ccccc3c(=O)n2CC#N)cc1OC. The van der Waals surface area contributed by atoms with Gasteiger partial charge in [0.05, 0.1) is 31.2 Å². The molecule has 2 aromatic carbocycles. The summed E-state index contributed by atoms with van der Waals surface area (Å²) in [4.78, 5) is 29.1. The molecule has 1 aromatic heterocycles. The second-order valence-electron chi connectivity index (χ2n) is 6.15. The molecule has 3 rings (SSSR count). The Kier molecular flexibility index (Phi) is 6.45. The zero-order valence-electron chi connectivity index (χ0n) is 16.5. The third-order valence-electron chi connectivity index (χ3n) is 4.33. The quantitative estimate of drug-likeness (QED) is 0.440. The number of methoxy groups -OCH3 is 2. The van der Waals surface area contributed by atoms with E-state index < -0.39 is 5.97 Å². The fraction of sp³-hybridized carbons (Fsp3) is 0.182. The number of nitriles is 1. The number of benzene rings is 2. The first-order valence-corrected chi connectivity index (χ1v) is 8.99. The zero-order chi connectivity index (χ0) is 21.5. The van der Waals surface area contributed by atoms with E-state index in [9.17, 15) is 9.59 Å². The average molecular weight is 405 g/mol. The van der Waals surface area contributed by atoms with Gasteiger partial charge in [0.1, 0.15) is 13.2 Å². The number of carbonyl (C=O) groups excluding carboxylic acids is 1. The van der Waals surface area contributed by atoms with Crippen LogP contribution in [0.15, 0.2) is 53.3 Å². The summed E-state index contributed by atoms with van der Waals surface area (Å²) in [5, 5.41) is 9.43. The van der Waals surface area contributed by atoms with Crippen molar-refractivity contribution in [1.29, 1.82) is 5.26 Å². The maximum atomic E-state index is 12.6. The van der Waals surface area contributed by atoms with Crippen LogP contribution >= 0.6 is 0 Å². The predicted octanol–water partition coefficient (Wildman–Crippen LogP) is 2.69. The Hall–Kier alpha value is -4.12. The monoisotopic (exact) mass is 405 g/mol. The molecule has 3 aromatic rings. The van der Waals surface area contributed by atoms with Crippen LogP contribution in [0.4, 0.5) is 0 Å². The fourth-order valence-corrected chi connectivity index (χ4v) is 2.86. The molecule has 0 N–H and O–H groups in total. The minimum Gasteiger partial charge on any atom is -0.493 e. The lowest BCUT2D eigenvalue weighted by atomic mass is 10.2. The van der Waals surface area contributed by atoms with Gasteiger partial charge in [-0.05, 0) is 35.9 Å². The number of hydrogen-bond donors (Lipinski definition) is 0. The number of carbonyl (C=O) groups is 1. The number of ether oxygens (including phenoxy) is 3. The lowest BCUT2D eigenvalue weighted by Crippen LogP contribution is -2.26. The number of para-hydroxylation sites is 1. The summed E-state index contributed by atoms with van der Waals surface area (Å²) < 4.78 is 16.8. The lowest BCUT2D eigenvalue weighted by molar-refractivity contribution is -0.139. The summed E-state index contributed by atoms with van der Waals surface area (Å²) in [6.45, 7) is -0.429. The summed E-state index contributed by atoms with van der Waals surface area (Å²) in [5.74, 6) is 0.702. The van der Waals surface area contributed by atoms with E-state index in [1.54, 1.807) is 48.5 Å². The van der Waals surface area contributed by atoms with Crippen LogP contribution in [-0.2, 0) is 22.7 Å². The number of hydrogen-bond acceptors (Lipinski definition) is 7. The summed E-state index contributed by atoms with van der Waals surface area (Å²) in [6, 6.07) is 13.9. The summed E-state index contributed by atoms with van der Waals surface area (Å²) in [5.41, 5.74) is 0.840. The first kappa shape index (κ1) is 20.6. The molecular formula is C22H19N3O5. The van der Waals surface area contributed by atoms with E-state index in [4.69, 9.17) is 19.5 Å². The Morgan fingerprint density at radius 3 is 2.67 bits per heavy atom. The van der Waals surface area contributed by atoms with E-state index in [0.717, 1.165) is 5.56 Å². The summed E-state index contributed by atoms with van der Waals surface area (Å²) in [6.07, 6.45) is 2.83. The highest BCUT2D eigenvalue weighted by Crippen LogP contribution is 2.27. The highest BCUT2D eigenvalue weighted by molar-refractivity contribution is 5.87. The second kappa shape index (κ2) is 9.39. The summed E-state index contributed by atoms with van der Waals surface area (Å²) in [7, 11) is 3.06. The van der Waals surface area contributed by atoms with Gasteiger partial charge in [-0.15, -0.1) is 0 Å². The molecule has 0 amide bonds. The molecule has 0 radical (unpaired) electrons. The van der Waals surface area contributed by atoms with E-state index in [0.29, 0.717) is 22.4 Å². The summed E-state index contributed by atoms with van der Waals surface area (Å²) >= 11 is 0. The van der Waals surface area contributed by atoms with E-state index in [2.05, 4.69) is 4.98 Å². The maximum Gasteiger partial charge on any atom is 0.331 e. The van der Waals surface area contributed by atoms with E-state index in [-0.39, 0.29) is 24.5 Å². The van der Waals surface area contributed by atoms with Gasteiger partial charge in [-0.3, -0.25) is 9.36 Å². The molecule has 0 aliphatic carbocycles. The molecule has 0 fully saturated rings. The number of fused-ring (bicyclic) bond motifs is 1. The molecule has 0 aliphatic heterocycles. The minimum atomic E-state index is -0.615. The van der Waals surface area contributed by atoms with Crippen LogP contribution in [0.1, 0.15) is 11.4 Å². The molecule has 1 heterocycles. The van der Waals surface area contributed by atoms with Crippen LogP contribution < -0.4 is 15.0 Å². The van der Waals surface area contributed by atoms with E-state index >= 15 is 0 Å². The van der Waals surface area contributed by atoms with Crippen LogP contribution in [0.25, 0.3) is 17.0 Å². The maximum absolute atomic E-state index is 12.6.